The molecule has 2 saturated heterocycles. The van der Waals surface area contributed by atoms with Crippen LogP contribution in [-0.4, -0.2) is 49.1 Å². The van der Waals surface area contributed by atoms with Gasteiger partial charge in [-0.2, -0.15) is 4.31 Å². The van der Waals surface area contributed by atoms with Crippen LogP contribution in [-0.2, 0) is 14.8 Å². The van der Waals surface area contributed by atoms with E-state index in [4.69, 9.17) is 4.74 Å². The van der Waals surface area contributed by atoms with Crippen LogP contribution in [0.5, 0.6) is 0 Å². The standard InChI is InChI=1S/C17H23NO5S/c1-12(2)14-4-3-13(16(19)20)11-15(14)24(21,22)18-8-5-17(6-9-18)7-10-23-17/h3-4,11-12H,5-10H2,1-2H3,(H,19,20). The van der Waals surface area contributed by atoms with E-state index in [1.807, 2.05) is 13.8 Å². The van der Waals surface area contributed by atoms with E-state index in [0.29, 0.717) is 31.5 Å². The molecule has 0 aromatic heterocycles. The van der Waals surface area contributed by atoms with Crippen molar-refractivity contribution in [2.75, 3.05) is 19.7 Å². The first-order valence-corrected chi connectivity index (χ1v) is 9.71. The summed E-state index contributed by atoms with van der Waals surface area (Å²) in [5, 5.41) is 9.20. The molecule has 24 heavy (non-hydrogen) atoms. The van der Waals surface area contributed by atoms with Gasteiger partial charge in [0.2, 0.25) is 10.0 Å². The first-order valence-electron chi connectivity index (χ1n) is 8.27. The maximum absolute atomic E-state index is 13.1. The number of sulfonamides is 1. The van der Waals surface area contributed by atoms with Crippen LogP contribution in [0.3, 0.4) is 0 Å². The SMILES string of the molecule is CC(C)c1ccc(C(=O)O)cc1S(=O)(=O)N1CCC2(CCO2)CC1. The summed E-state index contributed by atoms with van der Waals surface area (Å²) in [5.74, 6) is -1.13. The Balaban J connectivity index is 1.93. The Bertz CT molecular complexity index is 742. The molecule has 0 aliphatic carbocycles. The molecule has 6 nitrogen and oxygen atoms in total. The molecule has 7 heteroatoms. The zero-order chi connectivity index (χ0) is 17.5. The lowest BCUT2D eigenvalue weighted by molar-refractivity contribution is -0.167. The van der Waals surface area contributed by atoms with Crippen LogP contribution in [0.25, 0.3) is 0 Å². The van der Waals surface area contributed by atoms with Gasteiger partial charge in [-0.3, -0.25) is 0 Å². The fourth-order valence-electron chi connectivity index (χ4n) is 3.43. The molecule has 0 atom stereocenters. The Hall–Kier alpha value is -1.44. The highest BCUT2D eigenvalue weighted by atomic mass is 32.2. The van der Waals surface area contributed by atoms with E-state index in [1.54, 1.807) is 6.07 Å². The highest BCUT2D eigenvalue weighted by Crippen LogP contribution is 2.38. The van der Waals surface area contributed by atoms with Gasteiger partial charge in [0.25, 0.3) is 0 Å². The highest BCUT2D eigenvalue weighted by Gasteiger charge is 2.44. The van der Waals surface area contributed by atoms with Crippen molar-refractivity contribution in [3.63, 3.8) is 0 Å². The molecule has 1 spiro atoms. The molecule has 0 bridgehead atoms. The number of carboxylic acid groups (broad SMARTS) is 1. The van der Waals surface area contributed by atoms with Crippen LogP contribution in [0.2, 0.25) is 0 Å². The molecule has 2 aliphatic heterocycles. The summed E-state index contributed by atoms with van der Waals surface area (Å²) in [7, 11) is -3.71. The molecule has 2 fully saturated rings. The van der Waals surface area contributed by atoms with Crippen molar-refractivity contribution in [3.8, 4) is 0 Å². The fraction of sp³-hybridized carbons (Fsp3) is 0.588. The highest BCUT2D eigenvalue weighted by molar-refractivity contribution is 7.89. The molecule has 2 aliphatic rings. The lowest BCUT2D eigenvalue weighted by Gasteiger charge is -2.47. The minimum Gasteiger partial charge on any atom is -0.478 e. The Kier molecular flexibility index (Phi) is 4.44. The lowest BCUT2D eigenvalue weighted by Crippen LogP contribution is -2.53. The molecule has 132 valence electrons. The molecule has 0 unspecified atom stereocenters. The van der Waals surface area contributed by atoms with Crippen LogP contribution in [0.1, 0.15) is 54.9 Å². The monoisotopic (exact) mass is 353 g/mol. The number of ether oxygens (including phenoxy) is 1. The molecule has 0 saturated carbocycles. The number of carboxylic acids is 1. The van der Waals surface area contributed by atoms with Gasteiger partial charge < -0.3 is 9.84 Å². The zero-order valence-corrected chi connectivity index (χ0v) is 14.8. The smallest absolute Gasteiger partial charge is 0.335 e. The van der Waals surface area contributed by atoms with Crippen LogP contribution in [0, 0.1) is 0 Å². The number of nitrogens with zero attached hydrogens (tertiary/aromatic N) is 1. The molecular formula is C17H23NO5S. The average Bonchev–Trinajstić information content (AvgIpc) is 2.52. The molecular weight excluding hydrogens is 330 g/mol. The summed E-state index contributed by atoms with van der Waals surface area (Å²) in [4.78, 5) is 11.4. The third kappa shape index (κ3) is 2.96. The van der Waals surface area contributed by atoms with Gasteiger partial charge in [-0.15, -0.1) is 0 Å². The third-order valence-electron chi connectivity index (χ3n) is 5.10. The van der Waals surface area contributed by atoms with E-state index in [9.17, 15) is 18.3 Å². The average molecular weight is 353 g/mol. The van der Waals surface area contributed by atoms with Crippen molar-refractivity contribution in [1.82, 2.24) is 4.31 Å². The third-order valence-corrected chi connectivity index (χ3v) is 7.05. The Morgan fingerprint density at radius 1 is 1.25 bits per heavy atom. The van der Waals surface area contributed by atoms with Crippen LogP contribution in [0.15, 0.2) is 23.1 Å². The largest absolute Gasteiger partial charge is 0.478 e. The molecule has 3 rings (SSSR count). The van der Waals surface area contributed by atoms with Crippen LogP contribution >= 0.6 is 0 Å². The minimum atomic E-state index is -3.71. The van der Waals surface area contributed by atoms with Gasteiger partial charge in [0.05, 0.1) is 22.7 Å². The van der Waals surface area contributed by atoms with E-state index in [1.165, 1.54) is 16.4 Å². The van der Waals surface area contributed by atoms with Crippen molar-refractivity contribution in [1.29, 1.82) is 0 Å². The second-order valence-electron chi connectivity index (χ2n) is 6.90. The van der Waals surface area contributed by atoms with E-state index < -0.39 is 16.0 Å². The van der Waals surface area contributed by atoms with E-state index in [0.717, 1.165) is 13.0 Å². The Labute approximate surface area is 142 Å². The number of aromatic carboxylic acids is 1. The van der Waals surface area contributed by atoms with Crippen molar-refractivity contribution in [2.45, 2.75) is 49.5 Å². The van der Waals surface area contributed by atoms with E-state index in [-0.39, 0.29) is 22.0 Å². The number of hydrogen-bond donors (Lipinski definition) is 1. The topological polar surface area (TPSA) is 83.9 Å². The van der Waals surface area contributed by atoms with Crippen molar-refractivity contribution in [3.05, 3.63) is 29.3 Å². The number of piperidine rings is 1. The van der Waals surface area contributed by atoms with Crippen LogP contribution in [0.4, 0.5) is 0 Å². The maximum Gasteiger partial charge on any atom is 0.335 e. The molecule has 0 radical (unpaired) electrons. The van der Waals surface area contributed by atoms with Crippen LogP contribution < -0.4 is 0 Å². The summed E-state index contributed by atoms with van der Waals surface area (Å²) < 4.78 is 33.3. The quantitative estimate of drug-likeness (QED) is 0.899. The zero-order valence-electron chi connectivity index (χ0n) is 14.0. The number of benzene rings is 1. The van der Waals surface area contributed by atoms with Gasteiger partial charge >= 0.3 is 5.97 Å². The van der Waals surface area contributed by atoms with Gasteiger partial charge in [-0.05, 0) is 42.9 Å². The number of carbonyl (C=O) groups is 1. The summed E-state index contributed by atoms with van der Waals surface area (Å²) in [5.41, 5.74) is 0.518. The molecule has 2 heterocycles. The summed E-state index contributed by atoms with van der Waals surface area (Å²) in [6.07, 6.45) is 2.39. The molecule has 1 aromatic rings. The second kappa shape index (κ2) is 6.13. The van der Waals surface area contributed by atoms with Gasteiger partial charge in [0.15, 0.2) is 0 Å². The van der Waals surface area contributed by atoms with Gasteiger partial charge in [0, 0.05) is 13.1 Å². The van der Waals surface area contributed by atoms with Gasteiger partial charge in [-0.25, -0.2) is 13.2 Å². The Morgan fingerprint density at radius 3 is 2.33 bits per heavy atom. The van der Waals surface area contributed by atoms with Crippen molar-refractivity contribution in [2.24, 2.45) is 0 Å². The second-order valence-corrected chi connectivity index (χ2v) is 8.80. The predicted octanol–water partition coefficient (Wildman–Crippen LogP) is 2.45. The van der Waals surface area contributed by atoms with Gasteiger partial charge in [-0.1, -0.05) is 19.9 Å². The summed E-state index contributed by atoms with van der Waals surface area (Å²) in [6, 6.07) is 4.36. The van der Waals surface area contributed by atoms with Crippen molar-refractivity contribution >= 4 is 16.0 Å². The number of hydrogen-bond acceptors (Lipinski definition) is 4. The first kappa shape index (κ1) is 17.4. The first-order chi connectivity index (χ1) is 11.3. The molecule has 1 N–H and O–H groups in total. The summed E-state index contributed by atoms with van der Waals surface area (Å²) in [6.45, 7) is 5.39. The van der Waals surface area contributed by atoms with Crippen molar-refractivity contribution < 1.29 is 23.1 Å². The molecule has 1 aromatic carbocycles. The molecule has 0 amide bonds. The van der Waals surface area contributed by atoms with Gasteiger partial charge in [0.1, 0.15) is 0 Å². The van der Waals surface area contributed by atoms with E-state index >= 15 is 0 Å². The van der Waals surface area contributed by atoms with E-state index in [2.05, 4.69) is 0 Å². The normalized spacial score (nSPS) is 21.0. The fourth-order valence-corrected chi connectivity index (χ4v) is 5.24. The summed E-state index contributed by atoms with van der Waals surface area (Å²) >= 11 is 0. The lowest BCUT2D eigenvalue weighted by atomic mass is 9.85. The predicted molar refractivity (Wildman–Crippen MR) is 88.8 cm³/mol. The number of rotatable bonds is 4. The minimum absolute atomic E-state index is 0.00576. The maximum atomic E-state index is 13.1. The Morgan fingerprint density at radius 2 is 1.88 bits per heavy atom.